The zero-order chi connectivity index (χ0) is 16.8. The molecule has 1 aromatic carbocycles. The van der Waals surface area contributed by atoms with Crippen LogP contribution in [0.4, 0.5) is 0 Å². The van der Waals surface area contributed by atoms with Gasteiger partial charge in [0.05, 0.1) is 5.02 Å². The van der Waals surface area contributed by atoms with Gasteiger partial charge in [0.25, 0.3) is 5.91 Å². The van der Waals surface area contributed by atoms with Crippen molar-refractivity contribution in [3.8, 4) is 5.75 Å². The van der Waals surface area contributed by atoms with Crippen molar-refractivity contribution < 1.29 is 19.4 Å². The fraction of sp³-hybridized carbons (Fsp3) is 0.312. The maximum absolute atomic E-state index is 11.9. The van der Waals surface area contributed by atoms with Gasteiger partial charge in [-0.05, 0) is 30.7 Å². The standard InChI is InChI=1S/C16H17ClN2O4/c1-2-4-12(16(21)22)19-14(20)9-23-13-7-6-11(17)10-5-3-8-18-15(10)13/h3,5-8,12H,2,4,9H2,1H3,(H,19,20)(H,21,22). The number of hydrogen-bond donors (Lipinski definition) is 2. The molecule has 0 fully saturated rings. The van der Waals surface area contributed by atoms with Crippen LogP contribution < -0.4 is 10.1 Å². The van der Waals surface area contributed by atoms with Crippen LogP contribution in [-0.2, 0) is 9.59 Å². The minimum Gasteiger partial charge on any atom is -0.481 e. The van der Waals surface area contributed by atoms with Crippen molar-refractivity contribution in [1.82, 2.24) is 10.3 Å². The van der Waals surface area contributed by atoms with Crippen LogP contribution in [0.1, 0.15) is 19.8 Å². The van der Waals surface area contributed by atoms with Gasteiger partial charge < -0.3 is 15.2 Å². The molecular weight excluding hydrogens is 320 g/mol. The Morgan fingerprint density at radius 3 is 2.87 bits per heavy atom. The van der Waals surface area contributed by atoms with E-state index in [-0.39, 0.29) is 6.61 Å². The van der Waals surface area contributed by atoms with Gasteiger partial charge in [0.1, 0.15) is 17.3 Å². The molecule has 0 spiro atoms. The molecule has 0 aliphatic heterocycles. The Bertz CT molecular complexity index is 720. The molecule has 2 aromatic rings. The van der Waals surface area contributed by atoms with Crippen LogP contribution in [0.5, 0.6) is 5.75 Å². The number of benzene rings is 1. The summed E-state index contributed by atoms with van der Waals surface area (Å²) in [7, 11) is 0. The highest BCUT2D eigenvalue weighted by Gasteiger charge is 2.19. The Labute approximate surface area is 138 Å². The number of aliphatic carboxylic acids is 1. The van der Waals surface area contributed by atoms with Gasteiger partial charge in [0.2, 0.25) is 0 Å². The van der Waals surface area contributed by atoms with Crippen LogP contribution >= 0.6 is 11.6 Å². The first-order valence-corrected chi connectivity index (χ1v) is 7.59. The van der Waals surface area contributed by atoms with E-state index in [4.69, 9.17) is 21.4 Å². The topological polar surface area (TPSA) is 88.5 Å². The number of fused-ring (bicyclic) bond motifs is 1. The fourth-order valence-corrected chi connectivity index (χ4v) is 2.37. The zero-order valence-electron chi connectivity index (χ0n) is 12.6. The van der Waals surface area contributed by atoms with E-state index in [1.54, 1.807) is 30.5 Å². The summed E-state index contributed by atoms with van der Waals surface area (Å²) < 4.78 is 5.47. The number of carbonyl (C=O) groups excluding carboxylic acids is 1. The van der Waals surface area contributed by atoms with Crippen LogP contribution in [0.3, 0.4) is 0 Å². The van der Waals surface area contributed by atoms with Gasteiger partial charge in [-0.3, -0.25) is 9.78 Å². The van der Waals surface area contributed by atoms with Crippen molar-refractivity contribution in [2.75, 3.05) is 6.61 Å². The quantitative estimate of drug-likeness (QED) is 0.811. The number of nitrogens with one attached hydrogen (secondary N) is 1. The Kier molecular flexibility index (Phi) is 5.76. The molecule has 2 N–H and O–H groups in total. The van der Waals surface area contributed by atoms with E-state index in [1.165, 1.54) is 0 Å². The number of carbonyl (C=O) groups is 2. The predicted molar refractivity (Wildman–Crippen MR) is 86.7 cm³/mol. The number of carboxylic acids is 1. The molecule has 0 radical (unpaired) electrons. The number of ether oxygens (including phenoxy) is 1. The monoisotopic (exact) mass is 336 g/mol. The average Bonchev–Trinajstić information content (AvgIpc) is 2.54. The molecular formula is C16H17ClN2O4. The molecule has 0 aliphatic carbocycles. The zero-order valence-corrected chi connectivity index (χ0v) is 13.3. The molecule has 23 heavy (non-hydrogen) atoms. The van der Waals surface area contributed by atoms with E-state index in [0.717, 1.165) is 5.39 Å². The fourth-order valence-electron chi connectivity index (χ4n) is 2.15. The van der Waals surface area contributed by atoms with Crippen LogP contribution in [0.25, 0.3) is 10.9 Å². The molecule has 2 rings (SSSR count). The normalized spacial score (nSPS) is 11.9. The SMILES string of the molecule is CCCC(NC(=O)COc1ccc(Cl)c2cccnc12)C(=O)O. The largest absolute Gasteiger partial charge is 0.481 e. The van der Waals surface area contributed by atoms with E-state index >= 15 is 0 Å². The Balaban J connectivity index is 2.05. The molecule has 1 atom stereocenters. The predicted octanol–water partition coefficient (Wildman–Crippen LogP) is 2.64. The molecule has 7 heteroatoms. The van der Waals surface area contributed by atoms with Crippen molar-refractivity contribution >= 4 is 34.4 Å². The maximum Gasteiger partial charge on any atom is 0.326 e. The van der Waals surface area contributed by atoms with Crippen LogP contribution in [-0.4, -0.2) is 34.6 Å². The van der Waals surface area contributed by atoms with Crippen LogP contribution in [0.2, 0.25) is 5.02 Å². The molecule has 1 unspecified atom stereocenters. The van der Waals surface area contributed by atoms with Crippen molar-refractivity contribution in [3.63, 3.8) is 0 Å². The maximum atomic E-state index is 11.9. The third kappa shape index (κ3) is 4.32. The minimum atomic E-state index is -1.06. The second-order valence-corrected chi connectivity index (χ2v) is 5.39. The first kappa shape index (κ1) is 17.0. The summed E-state index contributed by atoms with van der Waals surface area (Å²) in [5.74, 6) is -1.13. The third-order valence-corrected chi connectivity index (χ3v) is 3.58. The summed E-state index contributed by atoms with van der Waals surface area (Å²) in [5, 5.41) is 12.7. The first-order chi connectivity index (χ1) is 11.0. The molecule has 1 heterocycles. The number of nitrogens with zero attached hydrogens (tertiary/aromatic N) is 1. The van der Waals surface area contributed by atoms with Gasteiger partial charge in [0.15, 0.2) is 6.61 Å². The van der Waals surface area contributed by atoms with E-state index in [9.17, 15) is 9.59 Å². The van der Waals surface area contributed by atoms with E-state index < -0.39 is 17.9 Å². The van der Waals surface area contributed by atoms with E-state index in [2.05, 4.69) is 10.3 Å². The highest BCUT2D eigenvalue weighted by Crippen LogP contribution is 2.29. The lowest BCUT2D eigenvalue weighted by molar-refractivity contribution is -0.142. The highest BCUT2D eigenvalue weighted by molar-refractivity contribution is 6.35. The van der Waals surface area contributed by atoms with E-state index in [0.29, 0.717) is 29.1 Å². The summed E-state index contributed by atoms with van der Waals surface area (Å²) in [5.41, 5.74) is 0.552. The van der Waals surface area contributed by atoms with Crippen molar-refractivity contribution in [1.29, 1.82) is 0 Å². The number of carboxylic acid groups (broad SMARTS) is 1. The lowest BCUT2D eigenvalue weighted by atomic mass is 10.2. The van der Waals surface area contributed by atoms with Crippen molar-refractivity contribution in [2.45, 2.75) is 25.8 Å². The number of aromatic nitrogens is 1. The summed E-state index contributed by atoms with van der Waals surface area (Å²) in [6, 6.07) is 5.95. The number of pyridine rings is 1. The Morgan fingerprint density at radius 1 is 1.39 bits per heavy atom. The van der Waals surface area contributed by atoms with Crippen molar-refractivity contribution in [3.05, 3.63) is 35.5 Å². The Morgan fingerprint density at radius 2 is 2.17 bits per heavy atom. The summed E-state index contributed by atoms with van der Waals surface area (Å²) in [4.78, 5) is 27.1. The van der Waals surface area contributed by atoms with Gasteiger partial charge in [-0.15, -0.1) is 0 Å². The van der Waals surface area contributed by atoms with Gasteiger partial charge in [-0.1, -0.05) is 24.9 Å². The minimum absolute atomic E-state index is 0.291. The van der Waals surface area contributed by atoms with E-state index in [1.807, 2.05) is 6.92 Å². The lowest BCUT2D eigenvalue weighted by Crippen LogP contribution is -2.42. The third-order valence-electron chi connectivity index (χ3n) is 3.25. The lowest BCUT2D eigenvalue weighted by Gasteiger charge is -2.14. The smallest absolute Gasteiger partial charge is 0.326 e. The number of amides is 1. The summed E-state index contributed by atoms with van der Waals surface area (Å²) in [6.07, 6.45) is 2.63. The highest BCUT2D eigenvalue weighted by atomic mass is 35.5. The molecule has 122 valence electrons. The van der Waals surface area contributed by atoms with Gasteiger partial charge in [-0.25, -0.2) is 4.79 Å². The van der Waals surface area contributed by atoms with Crippen molar-refractivity contribution in [2.24, 2.45) is 0 Å². The first-order valence-electron chi connectivity index (χ1n) is 7.21. The molecule has 0 aliphatic rings. The molecule has 1 amide bonds. The average molecular weight is 337 g/mol. The van der Waals surface area contributed by atoms with Gasteiger partial charge in [0, 0.05) is 11.6 Å². The van der Waals surface area contributed by atoms with Gasteiger partial charge in [-0.2, -0.15) is 0 Å². The number of halogens is 1. The Hall–Kier alpha value is -2.34. The second-order valence-electron chi connectivity index (χ2n) is 4.98. The molecule has 0 bridgehead atoms. The number of rotatable bonds is 7. The van der Waals surface area contributed by atoms with Crippen LogP contribution in [0, 0.1) is 0 Å². The molecule has 6 nitrogen and oxygen atoms in total. The number of hydrogen-bond acceptors (Lipinski definition) is 4. The molecule has 0 saturated carbocycles. The molecule has 0 saturated heterocycles. The summed E-state index contributed by atoms with van der Waals surface area (Å²) in [6.45, 7) is 1.56. The van der Waals surface area contributed by atoms with Gasteiger partial charge >= 0.3 is 5.97 Å². The molecule has 1 aromatic heterocycles. The summed E-state index contributed by atoms with van der Waals surface area (Å²) >= 11 is 6.09. The van der Waals surface area contributed by atoms with Crippen LogP contribution in [0.15, 0.2) is 30.5 Å². The second kappa shape index (κ2) is 7.78.